The van der Waals surface area contributed by atoms with Crippen LogP contribution in [0.5, 0.6) is 5.75 Å². The van der Waals surface area contributed by atoms with Crippen LogP contribution in [0.2, 0.25) is 0 Å². The number of hydrogen-bond acceptors (Lipinski definition) is 6. The van der Waals surface area contributed by atoms with E-state index in [0.717, 1.165) is 38.9 Å². The molecule has 0 unspecified atom stereocenters. The minimum Gasteiger partial charge on any atom is -0.497 e. The summed E-state index contributed by atoms with van der Waals surface area (Å²) < 4.78 is 5.28. The Morgan fingerprint density at radius 1 is 1.29 bits per heavy atom. The molecule has 0 aliphatic heterocycles. The lowest BCUT2D eigenvalue weighted by Crippen LogP contribution is -2.02. The second-order valence-electron chi connectivity index (χ2n) is 4.55. The number of thiazole rings is 1. The molecule has 2 heterocycles. The fourth-order valence-corrected chi connectivity index (χ4v) is 2.82. The van der Waals surface area contributed by atoms with Crippen LogP contribution in [0.25, 0.3) is 21.6 Å². The smallest absolute Gasteiger partial charge is 0.173 e. The highest BCUT2D eigenvalue weighted by Crippen LogP contribution is 2.30. The van der Waals surface area contributed by atoms with E-state index in [0.29, 0.717) is 5.82 Å². The Bertz CT molecular complexity index is 784. The van der Waals surface area contributed by atoms with Gasteiger partial charge in [0.2, 0.25) is 0 Å². The van der Waals surface area contributed by atoms with Crippen LogP contribution in [-0.2, 0) is 0 Å². The van der Waals surface area contributed by atoms with Gasteiger partial charge in [0.15, 0.2) is 5.82 Å². The second-order valence-corrected chi connectivity index (χ2v) is 5.79. The van der Waals surface area contributed by atoms with Crippen molar-refractivity contribution in [2.24, 2.45) is 0 Å². The molecule has 0 saturated heterocycles. The van der Waals surface area contributed by atoms with Crippen molar-refractivity contribution < 1.29 is 4.74 Å². The van der Waals surface area contributed by atoms with E-state index in [1.54, 1.807) is 18.4 Å². The summed E-state index contributed by atoms with van der Waals surface area (Å²) in [7, 11) is 1.66. The Labute approximate surface area is 127 Å². The van der Waals surface area contributed by atoms with Gasteiger partial charge in [0.25, 0.3) is 0 Å². The normalized spacial score (nSPS) is 10.8. The largest absolute Gasteiger partial charge is 0.497 e. The Morgan fingerprint density at radius 2 is 2.14 bits per heavy atom. The van der Waals surface area contributed by atoms with E-state index in [-0.39, 0.29) is 0 Å². The molecule has 0 fully saturated rings. The number of rotatable bonds is 4. The van der Waals surface area contributed by atoms with Crippen LogP contribution in [0, 0.1) is 6.92 Å². The van der Waals surface area contributed by atoms with Gasteiger partial charge < -0.3 is 10.1 Å². The molecule has 0 amide bonds. The molecule has 6 heteroatoms. The van der Waals surface area contributed by atoms with E-state index in [4.69, 9.17) is 4.74 Å². The van der Waals surface area contributed by atoms with Gasteiger partial charge in [-0.15, -0.1) is 11.3 Å². The third kappa shape index (κ3) is 2.67. The molecule has 108 valence electrons. The molecule has 0 bridgehead atoms. The highest BCUT2D eigenvalue weighted by molar-refractivity contribution is 7.14. The molecule has 3 aromatic rings. The summed E-state index contributed by atoms with van der Waals surface area (Å²) in [5, 5.41) is 5.26. The van der Waals surface area contributed by atoms with E-state index < -0.39 is 0 Å². The lowest BCUT2D eigenvalue weighted by atomic mass is 10.2. The van der Waals surface area contributed by atoms with Crippen molar-refractivity contribution >= 4 is 28.1 Å². The first-order chi connectivity index (χ1) is 10.2. The maximum atomic E-state index is 5.28. The number of aromatic nitrogens is 3. The number of nitrogens with zero attached hydrogens (tertiary/aromatic N) is 3. The molecule has 0 aliphatic carbocycles. The average Bonchev–Trinajstić information content (AvgIpc) is 2.93. The maximum absolute atomic E-state index is 5.28. The fraction of sp³-hybridized carbons (Fsp3) is 0.267. The predicted molar refractivity (Wildman–Crippen MR) is 86.1 cm³/mol. The van der Waals surface area contributed by atoms with E-state index in [2.05, 4.69) is 20.3 Å². The molecule has 2 aromatic heterocycles. The van der Waals surface area contributed by atoms with Crippen LogP contribution in [0.1, 0.15) is 11.9 Å². The molecular weight excluding hydrogens is 284 g/mol. The van der Waals surface area contributed by atoms with Crippen LogP contribution in [-0.4, -0.2) is 28.6 Å². The fourth-order valence-electron chi connectivity index (χ4n) is 2.11. The molecule has 21 heavy (non-hydrogen) atoms. The standard InChI is InChI=1S/C15H16N4OS/c1-4-16-14-11-7-10(20-3)5-6-12(11)18-15(19-14)13-8-17-9(2)21-13/h5-8H,4H2,1-3H3,(H,16,18,19). The first-order valence-corrected chi connectivity index (χ1v) is 7.55. The van der Waals surface area contributed by atoms with Crippen LogP contribution >= 0.6 is 11.3 Å². The van der Waals surface area contributed by atoms with Gasteiger partial charge in [-0.25, -0.2) is 15.0 Å². The SMILES string of the molecule is CCNc1nc(-c2cnc(C)s2)nc2ccc(OC)cc12. The Morgan fingerprint density at radius 3 is 2.81 bits per heavy atom. The van der Waals surface area contributed by atoms with E-state index in [1.807, 2.05) is 38.2 Å². The molecule has 0 aliphatic rings. The Kier molecular flexibility index (Phi) is 3.70. The molecule has 1 aromatic carbocycles. The number of methoxy groups -OCH3 is 1. The van der Waals surface area contributed by atoms with E-state index in [9.17, 15) is 0 Å². The number of nitrogens with one attached hydrogen (secondary N) is 1. The van der Waals surface area contributed by atoms with Gasteiger partial charge >= 0.3 is 0 Å². The zero-order chi connectivity index (χ0) is 14.8. The van der Waals surface area contributed by atoms with Crippen molar-refractivity contribution in [2.75, 3.05) is 19.0 Å². The van der Waals surface area contributed by atoms with Crippen LogP contribution in [0.15, 0.2) is 24.4 Å². The molecule has 0 atom stereocenters. The Hall–Kier alpha value is -2.21. The maximum Gasteiger partial charge on any atom is 0.173 e. The number of benzene rings is 1. The summed E-state index contributed by atoms with van der Waals surface area (Å²) in [4.78, 5) is 14.5. The molecule has 3 rings (SSSR count). The van der Waals surface area contributed by atoms with Gasteiger partial charge in [0.1, 0.15) is 11.6 Å². The predicted octanol–water partition coefficient (Wildman–Crippen LogP) is 3.50. The van der Waals surface area contributed by atoms with Gasteiger partial charge in [0, 0.05) is 18.1 Å². The third-order valence-electron chi connectivity index (χ3n) is 3.09. The van der Waals surface area contributed by atoms with Crippen LogP contribution in [0.3, 0.4) is 0 Å². The lowest BCUT2D eigenvalue weighted by molar-refractivity contribution is 0.415. The van der Waals surface area contributed by atoms with Gasteiger partial charge in [-0.3, -0.25) is 0 Å². The monoisotopic (exact) mass is 300 g/mol. The number of ether oxygens (including phenoxy) is 1. The summed E-state index contributed by atoms with van der Waals surface area (Å²) in [5.41, 5.74) is 0.891. The number of hydrogen-bond donors (Lipinski definition) is 1. The third-order valence-corrected chi connectivity index (χ3v) is 4.00. The zero-order valence-electron chi connectivity index (χ0n) is 12.2. The van der Waals surface area contributed by atoms with Gasteiger partial charge in [-0.05, 0) is 32.0 Å². The minimum absolute atomic E-state index is 0.703. The lowest BCUT2D eigenvalue weighted by Gasteiger charge is -2.10. The molecule has 5 nitrogen and oxygen atoms in total. The molecule has 0 spiro atoms. The van der Waals surface area contributed by atoms with Crippen LogP contribution < -0.4 is 10.1 Å². The van der Waals surface area contributed by atoms with Crippen molar-refractivity contribution in [3.05, 3.63) is 29.4 Å². The topological polar surface area (TPSA) is 59.9 Å². The van der Waals surface area contributed by atoms with Crippen LogP contribution in [0.4, 0.5) is 5.82 Å². The first-order valence-electron chi connectivity index (χ1n) is 6.73. The minimum atomic E-state index is 0.703. The number of anilines is 1. The van der Waals surface area contributed by atoms with Crippen molar-refractivity contribution in [3.8, 4) is 16.5 Å². The molecular formula is C15H16N4OS. The van der Waals surface area contributed by atoms with Gasteiger partial charge in [-0.2, -0.15) is 0 Å². The van der Waals surface area contributed by atoms with Gasteiger partial charge in [-0.1, -0.05) is 0 Å². The zero-order valence-corrected chi connectivity index (χ0v) is 13.0. The first kappa shape index (κ1) is 13.8. The molecule has 0 radical (unpaired) electrons. The van der Waals surface area contributed by atoms with E-state index >= 15 is 0 Å². The molecule has 0 saturated carbocycles. The van der Waals surface area contributed by atoms with Crippen molar-refractivity contribution in [2.45, 2.75) is 13.8 Å². The van der Waals surface area contributed by atoms with E-state index in [1.165, 1.54) is 0 Å². The number of aryl methyl sites for hydroxylation is 1. The Balaban J connectivity index is 2.20. The van der Waals surface area contributed by atoms with Crippen molar-refractivity contribution in [1.82, 2.24) is 15.0 Å². The van der Waals surface area contributed by atoms with Gasteiger partial charge in [0.05, 0.1) is 22.5 Å². The number of fused-ring (bicyclic) bond motifs is 1. The highest BCUT2D eigenvalue weighted by atomic mass is 32.1. The summed E-state index contributed by atoms with van der Waals surface area (Å²) in [6.07, 6.45) is 1.82. The van der Waals surface area contributed by atoms with Crippen molar-refractivity contribution in [1.29, 1.82) is 0 Å². The molecule has 1 N–H and O–H groups in total. The summed E-state index contributed by atoms with van der Waals surface area (Å²) in [5.74, 6) is 2.32. The van der Waals surface area contributed by atoms with Crippen molar-refractivity contribution in [3.63, 3.8) is 0 Å². The summed E-state index contributed by atoms with van der Waals surface area (Å²) in [6, 6.07) is 5.82. The summed E-state index contributed by atoms with van der Waals surface area (Å²) in [6.45, 7) is 4.82. The highest BCUT2D eigenvalue weighted by Gasteiger charge is 2.11. The summed E-state index contributed by atoms with van der Waals surface area (Å²) >= 11 is 1.60. The average molecular weight is 300 g/mol. The quantitative estimate of drug-likeness (QED) is 0.799. The second kappa shape index (κ2) is 5.65.